The summed E-state index contributed by atoms with van der Waals surface area (Å²) in [5.41, 5.74) is 1.13. The molecular formula is C9H14N4. The quantitative estimate of drug-likeness (QED) is 0.686. The molecule has 1 rings (SSSR count). The van der Waals surface area contributed by atoms with Crippen LogP contribution in [-0.2, 0) is 13.6 Å². The Balaban J connectivity index is 2.55. The molecule has 0 N–H and O–H groups in total. The smallest absolute Gasteiger partial charge is 0.0949 e. The highest BCUT2D eigenvalue weighted by molar-refractivity contribution is 5.04. The third-order valence-corrected chi connectivity index (χ3v) is 2.04. The predicted molar refractivity (Wildman–Crippen MR) is 49.8 cm³/mol. The van der Waals surface area contributed by atoms with Gasteiger partial charge in [0, 0.05) is 25.4 Å². The fraction of sp³-hybridized carbons (Fsp3) is 0.556. The molecule has 0 aliphatic carbocycles. The lowest BCUT2D eigenvalue weighted by molar-refractivity contribution is 0.294. The van der Waals surface area contributed by atoms with E-state index in [0.717, 1.165) is 12.1 Å². The largest absolute Gasteiger partial charge is 0.287 e. The number of rotatable bonds is 3. The highest BCUT2D eigenvalue weighted by atomic mass is 15.2. The first kappa shape index (κ1) is 9.75. The number of nitrogens with zero attached hydrogens (tertiary/aromatic N) is 4. The van der Waals surface area contributed by atoms with Gasteiger partial charge in [0.15, 0.2) is 0 Å². The van der Waals surface area contributed by atoms with E-state index in [0.29, 0.717) is 0 Å². The molecule has 1 aromatic heterocycles. The van der Waals surface area contributed by atoms with Gasteiger partial charge in [-0.15, -0.1) is 0 Å². The van der Waals surface area contributed by atoms with E-state index in [1.165, 1.54) is 0 Å². The van der Waals surface area contributed by atoms with Gasteiger partial charge in [-0.2, -0.15) is 10.4 Å². The van der Waals surface area contributed by atoms with E-state index in [2.05, 4.69) is 11.2 Å². The lowest BCUT2D eigenvalue weighted by atomic mass is 10.3. The number of aryl methyl sites for hydroxylation is 1. The number of nitriles is 1. The van der Waals surface area contributed by atoms with E-state index in [4.69, 9.17) is 5.26 Å². The van der Waals surface area contributed by atoms with Crippen LogP contribution in [0, 0.1) is 11.3 Å². The molecule has 0 saturated carbocycles. The van der Waals surface area contributed by atoms with Crippen LogP contribution in [0.1, 0.15) is 12.5 Å². The second-order valence-electron chi connectivity index (χ2n) is 3.24. The lowest BCUT2D eigenvalue weighted by Gasteiger charge is -2.17. The highest BCUT2D eigenvalue weighted by Gasteiger charge is 2.08. The van der Waals surface area contributed by atoms with Crippen molar-refractivity contribution in [2.45, 2.75) is 19.5 Å². The Kier molecular flexibility index (Phi) is 3.04. The first-order chi connectivity index (χ1) is 6.13. The van der Waals surface area contributed by atoms with E-state index in [1.807, 2.05) is 38.3 Å². The summed E-state index contributed by atoms with van der Waals surface area (Å²) in [4.78, 5) is 1.98. The normalized spacial score (nSPS) is 12.8. The molecule has 4 nitrogen and oxygen atoms in total. The minimum Gasteiger partial charge on any atom is -0.287 e. The molecule has 0 fully saturated rings. The van der Waals surface area contributed by atoms with Gasteiger partial charge in [-0.05, 0) is 14.0 Å². The Labute approximate surface area is 78.4 Å². The molecule has 1 aromatic rings. The van der Waals surface area contributed by atoms with E-state index >= 15 is 0 Å². The molecule has 0 amide bonds. The molecule has 4 heteroatoms. The standard InChI is InChI=1S/C9H14N4/c1-8(4-10)12(2)6-9-5-11-13(3)7-9/h5,7-8H,6H2,1-3H3. The Bertz CT molecular complexity index is 310. The maximum atomic E-state index is 8.68. The molecular weight excluding hydrogens is 164 g/mol. The minimum atomic E-state index is -0.0554. The first-order valence-electron chi connectivity index (χ1n) is 4.21. The third-order valence-electron chi connectivity index (χ3n) is 2.04. The van der Waals surface area contributed by atoms with E-state index in [-0.39, 0.29) is 6.04 Å². The second-order valence-corrected chi connectivity index (χ2v) is 3.24. The molecule has 70 valence electrons. The van der Waals surface area contributed by atoms with Crippen molar-refractivity contribution in [1.82, 2.24) is 14.7 Å². The Hall–Kier alpha value is -1.34. The second kappa shape index (κ2) is 4.06. The van der Waals surface area contributed by atoms with Crippen LogP contribution in [0.4, 0.5) is 0 Å². The fourth-order valence-corrected chi connectivity index (χ4v) is 1.08. The zero-order valence-corrected chi connectivity index (χ0v) is 8.23. The molecule has 0 aromatic carbocycles. The molecule has 1 heterocycles. The third kappa shape index (κ3) is 2.56. The van der Waals surface area contributed by atoms with Gasteiger partial charge in [0.25, 0.3) is 0 Å². The summed E-state index contributed by atoms with van der Waals surface area (Å²) in [6, 6.07) is 2.14. The zero-order valence-electron chi connectivity index (χ0n) is 8.23. The summed E-state index contributed by atoms with van der Waals surface area (Å²) in [6.45, 7) is 2.65. The molecule has 0 spiro atoms. The molecule has 0 bridgehead atoms. The van der Waals surface area contributed by atoms with Gasteiger partial charge in [-0.3, -0.25) is 9.58 Å². The maximum absolute atomic E-state index is 8.68. The van der Waals surface area contributed by atoms with Crippen LogP contribution in [0.3, 0.4) is 0 Å². The predicted octanol–water partition coefficient (Wildman–Crippen LogP) is 0.764. The lowest BCUT2D eigenvalue weighted by Crippen LogP contribution is -2.26. The van der Waals surface area contributed by atoms with Gasteiger partial charge in [0.1, 0.15) is 0 Å². The Morgan fingerprint density at radius 3 is 2.92 bits per heavy atom. The maximum Gasteiger partial charge on any atom is 0.0949 e. The molecule has 1 atom stereocenters. The van der Waals surface area contributed by atoms with Crippen molar-refractivity contribution < 1.29 is 0 Å². The monoisotopic (exact) mass is 178 g/mol. The van der Waals surface area contributed by atoms with Crippen molar-refractivity contribution in [3.05, 3.63) is 18.0 Å². The summed E-state index contributed by atoms with van der Waals surface area (Å²) in [5, 5.41) is 12.7. The van der Waals surface area contributed by atoms with Gasteiger partial charge >= 0.3 is 0 Å². The summed E-state index contributed by atoms with van der Waals surface area (Å²) in [5.74, 6) is 0. The van der Waals surface area contributed by atoms with E-state index in [9.17, 15) is 0 Å². The zero-order chi connectivity index (χ0) is 9.84. The molecule has 1 unspecified atom stereocenters. The van der Waals surface area contributed by atoms with Crippen LogP contribution >= 0.6 is 0 Å². The summed E-state index contributed by atoms with van der Waals surface area (Å²) < 4.78 is 1.76. The van der Waals surface area contributed by atoms with Crippen LogP contribution in [0.2, 0.25) is 0 Å². The molecule has 13 heavy (non-hydrogen) atoms. The van der Waals surface area contributed by atoms with Crippen LogP contribution in [0.5, 0.6) is 0 Å². The molecule has 0 radical (unpaired) electrons. The highest BCUT2D eigenvalue weighted by Crippen LogP contribution is 2.03. The van der Waals surface area contributed by atoms with Crippen molar-refractivity contribution in [3.8, 4) is 6.07 Å². The summed E-state index contributed by atoms with van der Waals surface area (Å²) in [7, 11) is 3.82. The average Bonchev–Trinajstić information content (AvgIpc) is 2.49. The Morgan fingerprint density at radius 2 is 2.46 bits per heavy atom. The van der Waals surface area contributed by atoms with Crippen molar-refractivity contribution in [3.63, 3.8) is 0 Å². The minimum absolute atomic E-state index is 0.0554. The summed E-state index contributed by atoms with van der Waals surface area (Å²) in [6.07, 6.45) is 3.78. The topological polar surface area (TPSA) is 44.9 Å². The van der Waals surface area contributed by atoms with Crippen LogP contribution < -0.4 is 0 Å². The van der Waals surface area contributed by atoms with Gasteiger partial charge in [-0.1, -0.05) is 0 Å². The average molecular weight is 178 g/mol. The van der Waals surface area contributed by atoms with E-state index < -0.39 is 0 Å². The number of hydrogen-bond donors (Lipinski definition) is 0. The van der Waals surface area contributed by atoms with Gasteiger partial charge in [0.2, 0.25) is 0 Å². The molecule has 0 aliphatic rings. The fourth-order valence-electron chi connectivity index (χ4n) is 1.08. The van der Waals surface area contributed by atoms with Crippen molar-refractivity contribution in [2.75, 3.05) is 7.05 Å². The number of aromatic nitrogens is 2. The SMILES string of the molecule is CC(C#N)N(C)Cc1cnn(C)c1. The number of hydrogen-bond acceptors (Lipinski definition) is 3. The van der Waals surface area contributed by atoms with Crippen molar-refractivity contribution >= 4 is 0 Å². The Morgan fingerprint density at radius 1 is 1.77 bits per heavy atom. The van der Waals surface area contributed by atoms with Crippen molar-refractivity contribution in [2.24, 2.45) is 7.05 Å². The first-order valence-corrected chi connectivity index (χ1v) is 4.21. The van der Waals surface area contributed by atoms with Crippen molar-refractivity contribution in [1.29, 1.82) is 5.26 Å². The molecule has 0 aliphatic heterocycles. The van der Waals surface area contributed by atoms with E-state index in [1.54, 1.807) is 4.68 Å². The van der Waals surface area contributed by atoms with Gasteiger partial charge in [0.05, 0.1) is 18.3 Å². The van der Waals surface area contributed by atoms with Crippen LogP contribution in [-0.4, -0.2) is 27.8 Å². The van der Waals surface area contributed by atoms with Crippen LogP contribution in [0.15, 0.2) is 12.4 Å². The van der Waals surface area contributed by atoms with Gasteiger partial charge in [-0.25, -0.2) is 0 Å². The van der Waals surface area contributed by atoms with Crippen LogP contribution in [0.25, 0.3) is 0 Å². The van der Waals surface area contributed by atoms with Gasteiger partial charge < -0.3 is 0 Å². The molecule has 0 saturated heterocycles. The summed E-state index contributed by atoms with van der Waals surface area (Å²) >= 11 is 0.